The van der Waals surface area contributed by atoms with Crippen LogP contribution in [0.2, 0.25) is 0 Å². The van der Waals surface area contributed by atoms with Gasteiger partial charge in [0, 0.05) is 19.1 Å². The summed E-state index contributed by atoms with van der Waals surface area (Å²) in [6.07, 6.45) is 0.948. The second-order valence-electron chi connectivity index (χ2n) is 7.56. The summed E-state index contributed by atoms with van der Waals surface area (Å²) in [6.45, 7) is 6.93. The summed E-state index contributed by atoms with van der Waals surface area (Å²) in [5, 5.41) is 0. The molecular formula is C25H34O8S. The molecule has 188 valence electrons. The first-order chi connectivity index (χ1) is 16.3. The number of rotatable bonds is 16. The SMILES string of the molecule is CCOCC(COc1cccc(OCCCCOS(=O)(=O)c2ccc(C)cc2)c1)OC(=O)CC. The van der Waals surface area contributed by atoms with E-state index in [1.165, 1.54) is 12.1 Å². The minimum absolute atomic E-state index is 0.0838. The Morgan fingerprint density at radius 3 is 2.26 bits per heavy atom. The van der Waals surface area contributed by atoms with E-state index in [-0.39, 0.29) is 37.1 Å². The molecule has 1 atom stereocenters. The lowest BCUT2D eigenvalue weighted by atomic mass is 10.2. The maximum Gasteiger partial charge on any atom is 0.305 e. The number of ether oxygens (including phenoxy) is 4. The fourth-order valence-electron chi connectivity index (χ4n) is 2.81. The summed E-state index contributed by atoms with van der Waals surface area (Å²) >= 11 is 0. The van der Waals surface area contributed by atoms with E-state index in [1.54, 1.807) is 43.3 Å². The van der Waals surface area contributed by atoms with Gasteiger partial charge in [-0.3, -0.25) is 8.98 Å². The van der Waals surface area contributed by atoms with E-state index < -0.39 is 16.2 Å². The number of unbranched alkanes of at least 4 members (excludes halogenated alkanes) is 1. The van der Waals surface area contributed by atoms with Crippen molar-refractivity contribution >= 4 is 16.1 Å². The van der Waals surface area contributed by atoms with E-state index in [4.69, 9.17) is 23.1 Å². The van der Waals surface area contributed by atoms with Gasteiger partial charge in [-0.2, -0.15) is 8.42 Å². The van der Waals surface area contributed by atoms with Crippen molar-refractivity contribution in [2.45, 2.75) is 51.0 Å². The molecular weight excluding hydrogens is 460 g/mol. The molecule has 0 amide bonds. The molecule has 0 aliphatic rings. The van der Waals surface area contributed by atoms with Crippen molar-refractivity contribution in [3.8, 4) is 11.5 Å². The van der Waals surface area contributed by atoms with Gasteiger partial charge in [0.15, 0.2) is 6.10 Å². The Labute approximate surface area is 202 Å². The van der Waals surface area contributed by atoms with Crippen LogP contribution in [-0.2, 0) is 28.6 Å². The largest absolute Gasteiger partial charge is 0.493 e. The molecule has 0 saturated heterocycles. The highest BCUT2D eigenvalue weighted by atomic mass is 32.2. The minimum Gasteiger partial charge on any atom is -0.493 e. The predicted octanol–water partition coefficient (Wildman–Crippen LogP) is 4.30. The van der Waals surface area contributed by atoms with Crippen molar-refractivity contribution < 1.29 is 36.3 Å². The molecule has 1 unspecified atom stereocenters. The molecule has 2 rings (SSSR count). The van der Waals surface area contributed by atoms with Crippen LogP contribution in [-0.4, -0.2) is 53.5 Å². The maximum absolute atomic E-state index is 12.2. The summed E-state index contributed by atoms with van der Waals surface area (Å²) in [5.41, 5.74) is 0.982. The lowest BCUT2D eigenvalue weighted by Crippen LogP contribution is -2.29. The highest BCUT2D eigenvalue weighted by molar-refractivity contribution is 7.86. The number of carbonyl (C=O) groups excluding carboxylic acids is 1. The molecule has 0 aliphatic heterocycles. The van der Waals surface area contributed by atoms with Crippen LogP contribution in [0.3, 0.4) is 0 Å². The van der Waals surface area contributed by atoms with Crippen LogP contribution in [0.15, 0.2) is 53.4 Å². The molecule has 0 bridgehead atoms. The van der Waals surface area contributed by atoms with Gasteiger partial charge < -0.3 is 18.9 Å². The number of aryl methyl sites for hydroxylation is 1. The summed E-state index contributed by atoms with van der Waals surface area (Å²) in [5.74, 6) is 0.901. The van der Waals surface area contributed by atoms with Crippen molar-refractivity contribution in [3.05, 3.63) is 54.1 Å². The van der Waals surface area contributed by atoms with Gasteiger partial charge in [0.05, 0.1) is 24.7 Å². The van der Waals surface area contributed by atoms with Gasteiger partial charge >= 0.3 is 5.97 Å². The second kappa shape index (κ2) is 14.6. The Hall–Kier alpha value is -2.62. The monoisotopic (exact) mass is 494 g/mol. The number of carbonyl (C=O) groups is 1. The third kappa shape index (κ3) is 10.1. The highest BCUT2D eigenvalue weighted by Crippen LogP contribution is 2.20. The van der Waals surface area contributed by atoms with Gasteiger partial charge in [-0.1, -0.05) is 30.7 Å². The average Bonchev–Trinajstić information content (AvgIpc) is 2.83. The molecule has 34 heavy (non-hydrogen) atoms. The van der Waals surface area contributed by atoms with E-state index in [2.05, 4.69) is 0 Å². The Balaban J connectivity index is 1.72. The number of hydrogen-bond acceptors (Lipinski definition) is 8. The lowest BCUT2D eigenvalue weighted by Gasteiger charge is -2.18. The standard InChI is InChI=1S/C25H34O8S/c1-4-25(26)33-23(18-29-5-2)19-31-22-10-8-9-21(17-22)30-15-6-7-16-32-34(27,28)24-13-11-20(3)12-14-24/h8-14,17,23H,4-7,15-16,18-19H2,1-3H3. The highest BCUT2D eigenvalue weighted by Gasteiger charge is 2.16. The zero-order valence-electron chi connectivity index (χ0n) is 20.0. The maximum atomic E-state index is 12.2. The van der Waals surface area contributed by atoms with Crippen molar-refractivity contribution in [3.63, 3.8) is 0 Å². The van der Waals surface area contributed by atoms with Crippen LogP contribution in [0.4, 0.5) is 0 Å². The van der Waals surface area contributed by atoms with Crippen molar-refractivity contribution in [1.82, 2.24) is 0 Å². The van der Waals surface area contributed by atoms with E-state index in [9.17, 15) is 13.2 Å². The van der Waals surface area contributed by atoms with E-state index in [0.717, 1.165) is 5.56 Å². The minimum atomic E-state index is -3.75. The van der Waals surface area contributed by atoms with Crippen molar-refractivity contribution in [1.29, 1.82) is 0 Å². The molecule has 2 aromatic rings. The van der Waals surface area contributed by atoms with Gasteiger partial charge in [0.25, 0.3) is 10.1 Å². The van der Waals surface area contributed by atoms with Gasteiger partial charge in [-0.15, -0.1) is 0 Å². The summed E-state index contributed by atoms with van der Waals surface area (Å²) in [7, 11) is -3.75. The molecule has 0 aliphatic carbocycles. The third-order valence-electron chi connectivity index (χ3n) is 4.69. The van der Waals surface area contributed by atoms with Gasteiger partial charge in [0.1, 0.15) is 18.1 Å². The van der Waals surface area contributed by atoms with E-state index in [0.29, 0.717) is 37.6 Å². The fourth-order valence-corrected chi connectivity index (χ4v) is 3.76. The zero-order valence-corrected chi connectivity index (χ0v) is 20.8. The number of hydrogen-bond donors (Lipinski definition) is 0. The fraction of sp³-hybridized carbons (Fsp3) is 0.480. The summed E-state index contributed by atoms with van der Waals surface area (Å²) in [4.78, 5) is 11.7. The molecule has 0 spiro atoms. The van der Waals surface area contributed by atoms with E-state index >= 15 is 0 Å². The quantitative estimate of drug-likeness (QED) is 0.194. The van der Waals surface area contributed by atoms with Crippen LogP contribution >= 0.6 is 0 Å². The predicted molar refractivity (Wildman–Crippen MR) is 128 cm³/mol. The van der Waals surface area contributed by atoms with Crippen LogP contribution in [0.1, 0.15) is 38.7 Å². The molecule has 0 heterocycles. The van der Waals surface area contributed by atoms with Crippen LogP contribution in [0.25, 0.3) is 0 Å². The molecule has 0 aromatic heterocycles. The normalized spacial score (nSPS) is 12.2. The smallest absolute Gasteiger partial charge is 0.305 e. The molecule has 0 fully saturated rings. The molecule has 0 radical (unpaired) electrons. The summed E-state index contributed by atoms with van der Waals surface area (Å²) < 4.78 is 51.6. The molecule has 2 aromatic carbocycles. The first kappa shape index (κ1) is 27.6. The first-order valence-electron chi connectivity index (χ1n) is 11.4. The van der Waals surface area contributed by atoms with Crippen LogP contribution < -0.4 is 9.47 Å². The second-order valence-corrected chi connectivity index (χ2v) is 9.17. The first-order valence-corrected chi connectivity index (χ1v) is 12.8. The Kier molecular flexibility index (Phi) is 11.9. The van der Waals surface area contributed by atoms with E-state index in [1.807, 2.05) is 13.8 Å². The van der Waals surface area contributed by atoms with Crippen LogP contribution in [0.5, 0.6) is 11.5 Å². The molecule has 8 nitrogen and oxygen atoms in total. The van der Waals surface area contributed by atoms with Crippen molar-refractivity contribution in [2.75, 3.05) is 33.0 Å². The van der Waals surface area contributed by atoms with Gasteiger partial charge in [-0.05, 0) is 51.0 Å². The molecule has 0 saturated carbocycles. The zero-order chi connectivity index (χ0) is 24.8. The Morgan fingerprint density at radius 1 is 0.912 bits per heavy atom. The molecule has 9 heteroatoms. The van der Waals surface area contributed by atoms with Gasteiger partial charge in [0.2, 0.25) is 0 Å². The number of benzene rings is 2. The van der Waals surface area contributed by atoms with Gasteiger partial charge in [-0.25, -0.2) is 0 Å². The van der Waals surface area contributed by atoms with Crippen LogP contribution in [0, 0.1) is 6.92 Å². The van der Waals surface area contributed by atoms with Crippen molar-refractivity contribution in [2.24, 2.45) is 0 Å². The topological polar surface area (TPSA) is 97.4 Å². The lowest BCUT2D eigenvalue weighted by molar-refractivity contribution is -0.153. The average molecular weight is 495 g/mol. The summed E-state index contributed by atoms with van der Waals surface area (Å²) in [6, 6.07) is 13.7. The third-order valence-corrected chi connectivity index (χ3v) is 6.02. The molecule has 0 N–H and O–H groups in total. The Bertz CT molecular complexity index is 973. The Morgan fingerprint density at radius 2 is 1.59 bits per heavy atom. The number of esters is 1.